The average Bonchev–Trinajstić information content (AvgIpc) is 2.50. The van der Waals surface area contributed by atoms with Crippen LogP contribution >= 0.6 is 0 Å². The molecule has 2 atom stereocenters. The molecule has 1 aliphatic heterocycles. The van der Waals surface area contributed by atoms with Gasteiger partial charge in [0.05, 0.1) is 11.6 Å². The third kappa shape index (κ3) is 5.47. The first-order valence-corrected chi connectivity index (χ1v) is 7.25. The van der Waals surface area contributed by atoms with Crippen molar-refractivity contribution in [1.29, 1.82) is 0 Å². The summed E-state index contributed by atoms with van der Waals surface area (Å²) in [6, 6.07) is 0.240. The lowest BCUT2D eigenvalue weighted by atomic mass is 9.95. The minimum atomic E-state index is -0.634. The first kappa shape index (κ1) is 16.4. The van der Waals surface area contributed by atoms with Gasteiger partial charge in [-0.05, 0) is 40.5 Å². The van der Waals surface area contributed by atoms with E-state index in [0.717, 1.165) is 39.1 Å². The third-order valence-electron chi connectivity index (χ3n) is 3.62. The van der Waals surface area contributed by atoms with Crippen LogP contribution in [0.15, 0.2) is 0 Å². The van der Waals surface area contributed by atoms with Crippen LogP contribution in [0, 0.1) is 0 Å². The van der Waals surface area contributed by atoms with Crippen LogP contribution in [0.1, 0.15) is 40.5 Å². The highest BCUT2D eigenvalue weighted by atomic mass is 16.5. The minimum absolute atomic E-state index is 0.240. The van der Waals surface area contributed by atoms with E-state index in [1.54, 1.807) is 0 Å². The molecular formula is C14H29N3O2. The van der Waals surface area contributed by atoms with Gasteiger partial charge in [-0.3, -0.25) is 4.79 Å². The predicted molar refractivity (Wildman–Crippen MR) is 77.0 cm³/mol. The molecule has 0 saturated carbocycles. The van der Waals surface area contributed by atoms with Crippen molar-refractivity contribution in [2.24, 2.45) is 5.73 Å². The topological polar surface area (TPSA) is 67.6 Å². The molecule has 0 radical (unpaired) electrons. The van der Waals surface area contributed by atoms with E-state index in [1.807, 2.05) is 20.8 Å². The number of nitrogens with one attached hydrogen (secondary N) is 1. The van der Waals surface area contributed by atoms with Crippen molar-refractivity contribution in [2.45, 2.75) is 58.2 Å². The molecule has 0 bridgehead atoms. The zero-order valence-corrected chi connectivity index (χ0v) is 12.7. The Morgan fingerprint density at radius 2 is 2.26 bits per heavy atom. The van der Waals surface area contributed by atoms with Crippen molar-refractivity contribution in [2.75, 3.05) is 26.2 Å². The highest BCUT2D eigenvalue weighted by molar-refractivity contribution is 5.84. The van der Waals surface area contributed by atoms with Crippen LogP contribution in [0.25, 0.3) is 0 Å². The van der Waals surface area contributed by atoms with Crippen molar-refractivity contribution >= 4 is 5.91 Å². The van der Waals surface area contributed by atoms with E-state index in [1.165, 1.54) is 0 Å². The molecule has 0 aliphatic carbocycles. The van der Waals surface area contributed by atoms with E-state index >= 15 is 0 Å². The number of primary amides is 1. The Hall–Kier alpha value is -0.650. The molecule has 3 N–H and O–H groups in total. The third-order valence-corrected chi connectivity index (χ3v) is 3.62. The SMILES string of the molecule is CC(C)NC(C)(CCN1CCCOC(C)C1)C(N)=O. The summed E-state index contributed by atoms with van der Waals surface area (Å²) in [5.74, 6) is -0.277. The first-order valence-electron chi connectivity index (χ1n) is 7.25. The number of hydrogen-bond acceptors (Lipinski definition) is 4. The fourth-order valence-corrected chi connectivity index (χ4v) is 2.57. The summed E-state index contributed by atoms with van der Waals surface area (Å²) >= 11 is 0. The Labute approximate surface area is 116 Å². The molecule has 1 fully saturated rings. The quantitative estimate of drug-likeness (QED) is 0.747. The van der Waals surface area contributed by atoms with Crippen molar-refractivity contribution in [3.8, 4) is 0 Å². The molecule has 1 saturated heterocycles. The van der Waals surface area contributed by atoms with Crippen LogP contribution in [0.3, 0.4) is 0 Å². The Morgan fingerprint density at radius 3 is 2.84 bits per heavy atom. The number of amides is 1. The largest absolute Gasteiger partial charge is 0.377 e. The molecule has 1 heterocycles. The summed E-state index contributed by atoms with van der Waals surface area (Å²) in [4.78, 5) is 14.0. The molecule has 0 aromatic heterocycles. The Balaban J connectivity index is 2.53. The molecule has 5 heteroatoms. The molecule has 0 aromatic carbocycles. The maximum atomic E-state index is 11.7. The van der Waals surface area contributed by atoms with Crippen LogP contribution in [0.2, 0.25) is 0 Å². The monoisotopic (exact) mass is 271 g/mol. The molecule has 1 rings (SSSR count). The van der Waals surface area contributed by atoms with Crippen molar-refractivity contribution < 1.29 is 9.53 Å². The van der Waals surface area contributed by atoms with Crippen molar-refractivity contribution in [3.05, 3.63) is 0 Å². The maximum absolute atomic E-state index is 11.7. The molecule has 0 aromatic rings. The molecule has 5 nitrogen and oxygen atoms in total. The zero-order chi connectivity index (χ0) is 14.5. The minimum Gasteiger partial charge on any atom is -0.377 e. The normalized spacial score (nSPS) is 25.0. The zero-order valence-electron chi connectivity index (χ0n) is 12.7. The molecule has 19 heavy (non-hydrogen) atoms. The Kier molecular flexibility index (Phi) is 6.23. The number of hydrogen-bond donors (Lipinski definition) is 2. The van der Waals surface area contributed by atoms with Crippen LogP contribution in [-0.2, 0) is 9.53 Å². The average molecular weight is 271 g/mol. The van der Waals surface area contributed by atoms with E-state index in [2.05, 4.69) is 17.1 Å². The summed E-state index contributed by atoms with van der Waals surface area (Å²) < 4.78 is 5.63. The van der Waals surface area contributed by atoms with Gasteiger partial charge in [0, 0.05) is 32.3 Å². The smallest absolute Gasteiger partial charge is 0.237 e. The van der Waals surface area contributed by atoms with Gasteiger partial charge in [-0.15, -0.1) is 0 Å². The van der Waals surface area contributed by atoms with Crippen molar-refractivity contribution in [1.82, 2.24) is 10.2 Å². The van der Waals surface area contributed by atoms with Gasteiger partial charge in [-0.1, -0.05) is 0 Å². The summed E-state index contributed by atoms with van der Waals surface area (Å²) in [6.45, 7) is 11.7. The lowest BCUT2D eigenvalue weighted by molar-refractivity contribution is -0.124. The summed E-state index contributed by atoms with van der Waals surface area (Å²) in [5.41, 5.74) is 4.91. The van der Waals surface area contributed by atoms with E-state index < -0.39 is 5.54 Å². The summed E-state index contributed by atoms with van der Waals surface area (Å²) in [7, 11) is 0. The molecule has 1 aliphatic rings. The number of rotatable bonds is 6. The first-order chi connectivity index (χ1) is 8.83. The van der Waals surface area contributed by atoms with Gasteiger partial charge in [0.1, 0.15) is 0 Å². The highest BCUT2D eigenvalue weighted by Crippen LogP contribution is 2.14. The summed E-state index contributed by atoms with van der Waals surface area (Å²) in [5, 5.41) is 3.29. The Morgan fingerprint density at radius 1 is 1.58 bits per heavy atom. The van der Waals surface area contributed by atoms with E-state index in [-0.39, 0.29) is 18.1 Å². The van der Waals surface area contributed by atoms with Crippen LogP contribution < -0.4 is 11.1 Å². The number of ether oxygens (including phenoxy) is 1. The van der Waals surface area contributed by atoms with Crippen LogP contribution in [-0.4, -0.2) is 54.7 Å². The lowest BCUT2D eigenvalue weighted by Crippen LogP contribution is -2.56. The van der Waals surface area contributed by atoms with Gasteiger partial charge in [0.2, 0.25) is 5.91 Å². The molecule has 112 valence electrons. The van der Waals surface area contributed by atoms with E-state index in [4.69, 9.17) is 10.5 Å². The van der Waals surface area contributed by atoms with Gasteiger partial charge in [-0.2, -0.15) is 0 Å². The lowest BCUT2D eigenvalue weighted by Gasteiger charge is -2.32. The van der Waals surface area contributed by atoms with Gasteiger partial charge < -0.3 is 20.7 Å². The second kappa shape index (κ2) is 7.22. The predicted octanol–water partition coefficient (Wildman–Crippen LogP) is 0.729. The number of carbonyl (C=O) groups excluding carboxylic acids is 1. The van der Waals surface area contributed by atoms with Gasteiger partial charge in [-0.25, -0.2) is 0 Å². The van der Waals surface area contributed by atoms with Gasteiger partial charge in [0.15, 0.2) is 0 Å². The fourth-order valence-electron chi connectivity index (χ4n) is 2.57. The summed E-state index contributed by atoms with van der Waals surface area (Å²) in [6.07, 6.45) is 2.04. The molecule has 2 unspecified atom stereocenters. The highest BCUT2D eigenvalue weighted by Gasteiger charge is 2.32. The second-order valence-corrected chi connectivity index (χ2v) is 6.08. The van der Waals surface area contributed by atoms with E-state index in [0.29, 0.717) is 0 Å². The number of nitrogens with zero attached hydrogens (tertiary/aromatic N) is 1. The van der Waals surface area contributed by atoms with Crippen molar-refractivity contribution in [3.63, 3.8) is 0 Å². The molecule has 1 amide bonds. The molecular weight excluding hydrogens is 242 g/mol. The standard InChI is InChI=1S/C14H29N3O2/c1-11(2)16-14(4,13(15)18)6-8-17-7-5-9-19-12(3)10-17/h11-12,16H,5-10H2,1-4H3,(H2,15,18). The maximum Gasteiger partial charge on any atom is 0.237 e. The second-order valence-electron chi connectivity index (χ2n) is 6.08. The number of nitrogens with two attached hydrogens (primary N) is 1. The van der Waals surface area contributed by atoms with E-state index in [9.17, 15) is 4.79 Å². The fraction of sp³-hybridized carbons (Fsp3) is 0.929. The van der Waals surface area contributed by atoms with Crippen LogP contribution in [0.5, 0.6) is 0 Å². The molecule has 0 spiro atoms. The Bertz CT molecular complexity index is 296. The van der Waals surface area contributed by atoms with Gasteiger partial charge >= 0.3 is 0 Å². The number of carbonyl (C=O) groups is 1. The van der Waals surface area contributed by atoms with Crippen LogP contribution in [0.4, 0.5) is 0 Å². The van der Waals surface area contributed by atoms with Gasteiger partial charge in [0.25, 0.3) is 0 Å².